The van der Waals surface area contributed by atoms with Crippen molar-refractivity contribution in [3.63, 3.8) is 0 Å². The van der Waals surface area contributed by atoms with Gasteiger partial charge < -0.3 is 10.3 Å². The average Bonchev–Trinajstić information content (AvgIpc) is 3.26. The maximum absolute atomic E-state index is 12.7. The number of Topliss-reactive ketones (excluding diaryl/α,β-unsaturated/α-hetero) is 1. The van der Waals surface area contributed by atoms with Gasteiger partial charge in [-0.15, -0.1) is 10.2 Å². The van der Waals surface area contributed by atoms with E-state index in [1.807, 2.05) is 17.6 Å². The Labute approximate surface area is 153 Å². The van der Waals surface area contributed by atoms with Gasteiger partial charge in [-0.25, -0.2) is 0 Å². The molecule has 1 fully saturated rings. The smallest absolute Gasteiger partial charge is 0.222 e. The van der Waals surface area contributed by atoms with Crippen molar-refractivity contribution in [2.75, 3.05) is 11.5 Å². The van der Waals surface area contributed by atoms with Crippen LogP contribution in [0.15, 0.2) is 11.2 Å². The first-order chi connectivity index (χ1) is 11.9. The first kappa shape index (κ1) is 18.0. The molecule has 2 heterocycles. The van der Waals surface area contributed by atoms with Gasteiger partial charge in [0, 0.05) is 29.5 Å². The van der Waals surface area contributed by atoms with Crippen molar-refractivity contribution >= 4 is 23.5 Å². The molecule has 1 aliphatic carbocycles. The van der Waals surface area contributed by atoms with Crippen LogP contribution in [0.2, 0.25) is 0 Å². The Morgan fingerprint density at radius 2 is 2.08 bits per heavy atom. The summed E-state index contributed by atoms with van der Waals surface area (Å²) in [5, 5.41) is 8.84. The monoisotopic (exact) mass is 361 g/mol. The number of thioether (sulfide) groups is 1. The van der Waals surface area contributed by atoms with Crippen LogP contribution in [-0.4, -0.2) is 30.9 Å². The molecule has 0 aliphatic heterocycles. The Hall–Kier alpha value is -1.76. The number of aryl methyl sites for hydroxylation is 1. The summed E-state index contributed by atoms with van der Waals surface area (Å²) in [5.74, 6) is 1.59. The summed E-state index contributed by atoms with van der Waals surface area (Å²) in [5.41, 5.74) is 8.92. The summed E-state index contributed by atoms with van der Waals surface area (Å²) in [6.45, 7) is 9.51. The molecular weight excluding hydrogens is 334 g/mol. The molecule has 7 heteroatoms. The number of nitrogens with two attached hydrogens (primary N) is 1. The van der Waals surface area contributed by atoms with Crippen molar-refractivity contribution in [1.29, 1.82) is 0 Å². The number of nitrogen functional groups attached to an aromatic ring is 1. The van der Waals surface area contributed by atoms with Crippen molar-refractivity contribution < 1.29 is 4.79 Å². The molecule has 1 aliphatic rings. The van der Waals surface area contributed by atoms with Gasteiger partial charge in [0.2, 0.25) is 5.95 Å². The topological polar surface area (TPSA) is 78.7 Å². The van der Waals surface area contributed by atoms with Gasteiger partial charge in [0.25, 0.3) is 0 Å². The van der Waals surface area contributed by atoms with Gasteiger partial charge in [-0.1, -0.05) is 25.6 Å². The van der Waals surface area contributed by atoms with Gasteiger partial charge in [-0.3, -0.25) is 9.36 Å². The van der Waals surface area contributed by atoms with E-state index in [2.05, 4.69) is 35.5 Å². The van der Waals surface area contributed by atoms with E-state index in [0.29, 0.717) is 23.7 Å². The van der Waals surface area contributed by atoms with Crippen molar-refractivity contribution in [2.45, 2.75) is 64.7 Å². The van der Waals surface area contributed by atoms with Gasteiger partial charge in [0.05, 0.1) is 5.75 Å². The summed E-state index contributed by atoms with van der Waals surface area (Å²) in [4.78, 5) is 12.7. The summed E-state index contributed by atoms with van der Waals surface area (Å²) in [6, 6.07) is 2.42. The number of ketones is 1. The number of nitrogens with zero attached hydrogens (tertiary/aromatic N) is 4. The molecule has 25 heavy (non-hydrogen) atoms. The Kier molecular flexibility index (Phi) is 5.22. The minimum absolute atomic E-state index is 0.137. The van der Waals surface area contributed by atoms with Crippen LogP contribution in [0.5, 0.6) is 0 Å². The van der Waals surface area contributed by atoms with E-state index in [1.165, 1.54) is 11.8 Å². The maximum Gasteiger partial charge on any atom is 0.222 e. The average molecular weight is 362 g/mol. The van der Waals surface area contributed by atoms with Crippen LogP contribution in [-0.2, 0) is 6.54 Å². The highest BCUT2D eigenvalue weighted by Crippen LogP contribution is 2.39. The molecule has 3 rings (SSSR count). The van der Waals surface area contributed by atoms with Crippen LogP contribution in [0, 0.1) is 19.8 Å². The minimum atomic E-state index is 0.137. The number of anilines is 1. The molecule has 0 unspecified atom stereocenters. The highest BCUT2D eigenvalue weighted by molar-refractivity contribution is 7.99. The normalized spacial score (nSPS) is 14.4. The lowest BCUT2D eigenvalue weighted by Crippen LogP contribution is -2.09. The summed E-state index contributed by atoms with van der Waals surface area (Å²) >= 11 is 1.43. The quantitative estimate of drug-likeness (QED) is 0.574. The number of hydrogen-bond donors (Lipinski definition) is 1. The zero-order chi connectivity index (χ0) is 18.1. The van der Waals surface area contributed by atoms with E-state index in [4.69, 9.17) is 5.73 Å². The van der Waals surface area contributed by atoms with Gasteiger partial charge >= 0.3 is 0 Å². The third-order valence-corrected chi connectivity index (χ3v) is 5.68. The molecule has 0 spiro atoms. The number of rotatable bonds is 8. The lowest BCUT2D eigenvalue weighted by molar-refractivity contribution is 0.102. The predicted octanol–water partition coefficient (Wildman–Crippen LogP) is 3.63. The molecule has 0 bridgehead atoms. The molecule has 2 aromatic rings. The second-order valence-corrected chi connectivity index (χ2v) is 8.22. The van der Waals surface area contributed by atoms with Crippen LogP contribution in [0.3, 0.4) is 0 Å². The van der Waals surface area contributed by atoms with E-state index < -0.39 is 0 Å². The third-order valence-electron chi connectivity index (χ3n) is 4.74. The van der Waals surface area contributed by atoms with E-state index in [1.54, 1.807) is 0 Å². The zero-order valence-corrected chi connectivity index (χ0v) is 16.3. The molecule has 2 N–H and O–H groups in total. The molecule has 136 valence electrons. The van der Waals surface area contributed by atoms with Crippen LogP contribution < -0.4 is 5.73 Å². The predicted molar refractivity (Wildman–Crippen MR) is 101 cm³/mol. The summed E-state index contributed by atoms with van der Waals surface area (Å²) < 4.78 is 4.21. The van der Waals surface area contributed by atoms with Crippen molar-refractivity contribution in [1.82, 2.24) is 19.3 Å². The van der Waals surface area contributed by atoms with Crippen molar-refractivity contribution in [2.24, 2.45) is 5.92 Å². The summed E-state index contributed by atoms with van der Waals surface area (Å²) in [7, 11) is 0. The van der Waals surface area contributed by atoms with Crippen molar-refractivity contribution in [3.05, 3.63) is 23.0 Å². The maximum atomic E-state index is 12.7. The number of carbonyl (C=O) groups is 1. The van der Waals surface area contributed by atoms with Crippen LogP contribution >= 0.6 is 11.8 Å². The highest BCUT2D eigenvalue weighted by Gasteiger charge is 2.29. The van der Waals surface area contributed by atoms with Gasteiger partial charge in [0.15, 0.2) is 10.9 Å². The van der Waals surface area contributed by atoms with Crippen molar-refractivity contribution in [3.8, 4) is 0 Å². The molecule has 0 radical (unpaired) electrons. The fourth-order valence-electron chi connectivity index (χ4n) is 3.09. The Bertz CT molecular complexity index is 773. The van der Waals surface area contributed by atoms with Crippen LogP contribution in [0.25, 0.3) is 0 Å². The molecule has 1 saturated carbocycles. The lowest BCUT2D eigenvalue weighted by atomic mass is 10.1. The first-order valence-electron chi connectivity index (χ1n) is 8.91. The number of hydrogen-bond acceptors (Lipinski definition) is 5. The third kappa shape index (κ3) is 3.92. The SMILES string of the molecule is Cc1cc(C(=O)CSc2nnc(N)n2C2CC2)c(C)n1CCC(C)C. The van der Waals surface area contributed by atoms with Crippen LogP contribution in [0.4, 0.5) is 5.95 Å². The largest absolute Gasteiger partial charge is 0.368 e. The fraction of sp³-hybridized carbons (Fsp3) is 0.611. The molecule has 6 nitrogen and oxygen atoms in total. The van der Waals surface area contributed by atoms with Gasteiger partial charge in [-0.2, -0.15) is 0 Å². The highest BCUT2D eigenvalue weighted by atomic mass is 32.2. The van der Waals surface area contributed by atoms with Gasteiger partial charge in [0.1, 0.15) is 0 Å². The van der Waals surface area contributed by atoms with E-state index in [0.717, 1.165) is 47.9 Å². The molecule has 0 amide bonds. The van der Waals surface area contributed by atoms with E-state index in [-0.39, 0.29) is 5.78 Å². The summed E-state index contributed by atoms with van der Waals surface area (Å²) in [6.07, 6.45) is 3.34. The molecule has 0 aromatic carbocycles. The first-order valence-corrected chi connectivity index (χ1v) is 9.90. The second kappa shape index (κ2) is 7.23. The lowest BCUT2D eigenvalue weighted by Gasteiger charge is -2.11. The Morgan fingerprint density at radius 3 is 2.72 bits per heavy atom. The molecule has 0 saturated heterocycles. The Balaban J connectivity index is 1.68. The van der Waals surface area contributed by atoms with Gasteiger partial charge in [-0.05, 0) is 45.1 Å². The number of carbonyl (C=O) groups excluding carboxylic acids is 1. The Morgan fingerprint density at radius 1 is 1.36 bits per heavy atom. The van der Waals surface area contributed by atoms with E-state index >= 15 is 0 Å². The molecule has 0 atom stereocenters. The van der Waals surface area contributed by atoms with E-state index in [9.17, 15) is 4.79 Å². The zero-order valence-electron chi connectivity index (χ0n) is 15.5. The minimum Gasteiger partial charge on any atom is -0.368 e. The van der Waals surface area contributed by atoms with Crippen LogP contribution in [0.1, 0.15) is 60.9 Å². The molecule has 2 aromatic heterocycles. The number of aromatic nitrogens is 4. The standard InChI is InChI=1S/C18H27N5OS/c1-11(2)7-8-22-12(3)9-15(13(22)4)16(24)10-25-18-21-20-17(19)23(18)14-5-6-14/h9,11,14H,5-8,10H2,1-4H3,(H2,19,20). The fourth-order valence-corrected chi connectivity index (χ4v) is 3.98. The second-order valence-electron chi connectivity index (χ2n) is 7.27. The molecular formula is C18H27N5OS.